The smallest absolute Gasteiger partial charge is 0.361 e. The van der Waals surface area contributed by atoms with Gasteiger partial charge in [0.25, 0.3) is 0 Å². The lowest BCUT2D eigenvalue weighted by Crippen LogP contribution is -2.07. The third kappa shape index (κ3) is 3.77. The minimum absolute atomic E-state index is 0.147. The van der Waals surface area contributed by atoms with E-state index in [9.17, 15) is 4.79 Å². The van der Waals surface area contributed by atoms with Crippen molar-refractivity contribution in [2.24, 2.45) is 0 Å². The summed E-state index contributed by atoms with van der Waals surface area (Å²) in [6, 6.07) is 5.45. The fraction of sp³-hybridized carbons (Fsp3) is 0.235. The van der Waals surface area contributed by atoms with Crippen molar-refractivity contribution in [1.29, 1.82) is 0 Å². The Morgan fingerprint density at radius 3 is 3.00 bits per heavy atom. The molecule has 0 saturated heterocycles. The van der Waals surface area contributed by atoms with E-state index in [-0.39, 0.29) is 18.9 Å². The van der Waals surface area contributed by atoms with Crippen molar-refractivity contribution < 1.29 is 14.3 Å². The maximum atomic E-state index is 11.9. The van der Waals surface area contributed by atoms with Gasteiger partial charge in [0.15, 0.2) is 5.69 Å². The average molecular weight is 311 g/mol. The van der Waals surface area contributed by atoms with E-state index in [0.29, 0.717) is 17.9 Å². The molecule has 0 fully saturated rings. The number of aromatic amines is 1. The van der Waals surface area contributed by atoms with Crippen molar-refractivity contribution in [3.8, 4) is 29.4 Å². The summed E-state index contributed by atoms with van der Waals surface area (Å²) in [6.45, 7) is 5.92. The summed E-state index contributed by atoms with van der Waals surface area (Å²) >= 11 is 0. The number of allylic oxidation sites excluding steroid dienone is 1. The zero-order chi connectivity index (χ0) is 16.7. The molecule has 6 nitrogen and oxygen atoms in total. The molecule has 118 valence electrons. The number of rotatable bonds is 7. The van der Waals surface area contributed by atoms with Crippen LogP contribution in [0.1, 0.15) is 23.0 Å². The Balaban J connectivity index is 2.39. The van der Waals surface area contributed by atoms with E-state index in [0.717, 1.165) is 11.1 Å². The number of carbonyl (C=O) groups is 1. The molecule has 0 aliphatic heterocycles. The number of hydrogen-bond donors (Lipinski definition) is 1. The first-order valence-electron chi connectivity index (χ1n) is 7.09. The van der Waals surface area contributed by atoms with Crippen LogP contribution in [-0.2, 0) is 11.2 Å². The maximum absolute atomic E-state index is 11.9. The van der Waals surface area contributed by atoms with Crippen LogP contribution < -0.4 is 4.74 Å². The summed E-state index contributed by atoms with van der Waals surface area (Å²) in [4.78, 5) is 11.9. The molecule has 2 rings (SSSR count). The van der Waals surface area contributed by atoms with Crippen LogP contribution in [0.2, 0.25) is 0 Å². The number of H-pyrrole nitrogens is 1. The topological polar surface area (TPSA) is 77.1 Å². The summed E-state index contributed by atoms with van der Waals surface area (Å²) in [5.74, 6) is 2.58. The first kappa shape index (κ1) is 16.3. The van der Waals surface area contributed by atoms with Crippen LogP contribution in [0.4, 0.5) is 0 Å². The fourth-order valence-electron chi connectivity index (χ4n) is 2.08. The van der Waals surface area contributed by atoms with Gasteiger partial charge in [0, 0.05) is 5.56 Å². The van der Waals surface area contributed by atoms with Gasteiger partial charge in [-0.3, -0.25) is 0 Å². The van der Waals surface area contributed by atoms with Gasteiger partial charge in [-0.25, -0.2) is 4.79 Å². The number of nitrogens with one attached hydrogen (secondary N) is 1. The standard InChI is InChI=1S/C17H17N3O3/c1-4-7-12-11-13(8-9-14(12)23-10-5-2)15-16(19-20-18-15)17(21)22-6-3/h2,4,8-9,11H,1,6-7,10H2,3H3,(H,18,19,20). The van der Waals surface area contributed by atoms with Gasteiger partial charge in [-0.05, 0) is 37.1 Å². The largest absolute Gasteiger partial charge is 0.481 e. The number of terminal acetylenes is 1. The van der Waals surface area contributed by atoms with Crippen LogP contribution >= 0.6 is 0 Å². The van der Waals surface area contributed by atoms with Crippen LogP contribution in [0.15, 0.2) is 30.9 Å². The van der Waals surface area contributed by atoms with Gasteiger partial charge in [0.1, 0.15) is 18.1 Å². The van der Waals surface area contributed by atoms with Gasteiger partial charge in [0.05, 0.1) is 6.61 Å². The number of esters is 1. The molecular formula is C17H17N3O3. The molecule has 0 saturated carbocycles. The summed E-state index contributed by atoms with van der Waals surface area (Å²) in [7, 11) is 0. The SMILES string of the molecule is C#CCOc1ccc(-c2n[nH]nc2C(=O)OCC)cc1CC=C. The van der Waals surface area contributed by atoms with Crippen LogP contribution in [0, 0.1) is 12.3 Å². The maximum Gasteiger partial charge on any atom is 0.361 e. The molecule has 0 amide bonds. The second-order valence-electron chi connectivity index (χ2n) is 4.55. The van der Waals surface area contributed by atoms with E-state index >= 15 is 0 Å². The molecule has 0 radical (unpaired) electrons. The molecule has 0 atom stereocenters. The minimum Gasteiger partial charge on any atom is -0.481 e. The van der Waals surface area contributed by atoms with Crippen LogP contribution in [-0.4, -0.2) is 34.6 Å². The van der Waals surface area contributed by atoms with Crippen molar-refractivity contribution in [2.45, 2.75) is 13.3 Å². The Labute approximate surface area is 134 Å². The molecular weight excluding hydrogens is 294 g/mol. The zero-order valence-corrected chi connectivity index (χ0v) is 12.8. The second kappa shape index (κ2) is 7.80. The summed E-state index contributed by atoms with van der Waals surface area (Å²) in [5.41, 5.74) is 2.20. The van der Waals surface area contributed by atoms with Crippen molar-refractivity contribution >= 4 is 5.97 Å². The Morgan fingerprint density at radius 1 is 1.48 bits per heavy atom. The lowest BCUT2D eigenvalue weighted by atomic mass is 10.0. The van der Waals surface area contributed by atoms with Gasteiger partial charge in [-0.15, -0.1) is 18.1 Å². The van der Waals surface area contributed by atoms with Gasteiger partial charge < -0.3 is 9.47 Å². The lowest BCUT2D eigenvalue weighted by Gasteiger charge is -2.10. The highest BCUT2D eigenvalue weighted by Crippen LogP contribution is 2.28. The number of benzene rings is 1. The number of nitrogens with zero attached hydrogens (tertiary/aromatic N) is 2. The third-order valence-electron chi connectivity index (χ3n) is 3.03. The predicted octanol–water partition coefficient (Wildman–Crippen LogP) is 2.39. The molecule has 1 heterocycles. The molecule has 1 aromatic heterocycles. The van der Waals surface area contributed by atoms with Gasteiger partial charge in [-0.1, -0.05) is 12.0 Å². The highest BCUT2D eigenvalue weighted by Gasteiger charge is 2.19. The summed E-state index contributed by atoms with van der Waals surface area (Å²) < 4.78 is 10.5. The monoisotopic (exact) mass is 311 g/mol. The van der Waals surface area contributed by atoms with Gasteiger partial charge >= 0.3 is 5.97 Å². The lowest BCUT2D eigenvalue weighted by molar-refractivity contribution is 0.0520. The highest BCUT2D eigenvalue weighted by atomic mass is 16.5. The molecule has 0 bridgehead atoms. The molecule has 0 aliphatic rings. The molecule has 2 aromatic rings. The Kier molecular flexibility index (Phi) is 5.53. The minimum atomic E-state index is -0.519. The molecule has 6 heteroatoms. The van der Waals surface area contributed by atoms with E-state index in [1.807, 2.05) is 6.07 Å². The Morgan fingerprint density at radius 2 is 2.30 bits per heavy atom. The van der Waals surface area contributed by atoms with Crippen molar-refractivity contribution in [2.75, 3.05) is 13.2 Å². The molecule has 23 heavy (non-hydrogen) atoms. The van der Waals surface area contributed by atoms with Crippen LogP contribution in [0.5, 0.6) is 5.75 Å². The Bertz CT molecular complexity index is 744. The van der Waals surface area contributed by atoms with Crippen molar-refractivity contribution in [3.05, 3.63) is 42.1 Å². The van der Waals surface area contributed by atoms with E-state index in [4.69, 9.17) is 15.9 Å². The molecule has 1 N–H and O–H groups in total. The number of hydrogen-bond acceptors (Lipinski definition) is 5. The van der Waals surface area contributed by atoms with Crippen molar-refractivity contribution in [3.63, 3.8) is 0 Å². The van der Waals surface area contributed by atoms with Crippen LogP contribution in [0.25, 0.3) is 11.3 Å². The van der Waals surface area contributed by atoms with E-state index in [1.165, 1.54) is 0 Å². The normalized spacial score (nSPS) is 9.91. The van der Waals surface area contributed by atoms with Crippen LogP contribution in [0.3, 0.4) is 0 Å². The van der Waals surface area contributed by atoms with Gasteiger partial charge in [0.2, 0.25) is 0 Å². The predicted molar refractivity (Wildman–Crippen MR) is 86.0 cm³/mol. The first-order valence-corrected chi connectivity index (χ1v) is 7.09. The highest BCUT2D eigenvalue weighted by molar-refractivity contribution is 5.94. The molecule has 0 aliphatic carbocycles. The molecule has 0 unspecified atom stereocenters. The quantitative estimate of drug-likeness (QED) is 0.482. The molecule has 0 spiro atoms. The number of ether oxygens (including phenoxy) is 2. The van der Waals surface area contributed by atoms with Crippen molar-refractivity contribution in [1.82, 2.24) is 15.4 Å². The van der Waals surface area contributed by atoms with E-state index < -0.39 is 5.97 Å². The average Bonchev–Trinajstić information content (AvgIpc) is 3.04. The first-order chi connectivity index (χ1) is 11.2. The summed E-state index contributed by atoms with van der Waals surface area (Å²) in [5, 5.41) is 10.4. The second-order valence-corrected chi connectivity index (χ2v) is 4.55. The number of carbonyl (C=O) groups excluding carboxylic acids is 1. The summed E-state index contributed by atoms with van der Waals surface area (Å²) in [6.07, 6.45) is 7.58. The van der Waals surface area contributed by atoms with Gasteiger partial charge in [-0.2, -0.15) is 10.3 Å². The van der Waals surface area contributed by atoms with E-state index in [2.05, 4.69) is 27.9 Å². The third-order valence-corrected chi connectivity index (χ3v) is 3.03. The Hall–Kier alpha value is -3.07. The van der Waals surface area contributed by atoms with E-state index in [1.54, 1.807) is 25.1 Å². The fourth-order valence-corrected chi connectivity index (χ4v) is 2.08. The molecule has 1 aromatic carbocycles. The zero-order valence-electron chi connectivity index (χ0n) is 12.8. The number of aromatic nitrogens is 3.